The van der Waals surface area contributed by atoms with Gasteiger partial charge in [0.05, 0.1) is 0 Å². The topological polar surface area (TPSA) is 78.9 Å². The van der Waals surface area contributed by atoms with Crippen molar-refractivity contribution < 1.29 is 28.6 Å². The normalized spacial score (nSPS) is 12.8. The highest BCUT2D eigenvalue weighted by Gasteiger charge is 2.19. The van der Waals surface area contributed by atoms with E-state index in [1.54, 1.807) is 0 Å². The van der Waals surface area contributed by atoms with Gasteiger partial charge in [-0.1, -0.05) is 272 Å². The fraction of sp³-hybridized carbons (Fsp3) is 0.716. The molecule has 1 atom stereocenters. The van der Waals surface area contributed by atoms with Crippen LogP contribution in [0.2, 0.25) is 0 Å². The van der Waals surface area contributed by atoms with E-state index >= 15 is 0 Å². The van der Waals surface area contributed by atoms with Gasteiger partial charge < -0.3 is 14.2 Å². The summed E-state index contributed by atoms with van der Waals surface area (Å²) in [5.74, 6) is -0.959. The van der Waals surface area contributed by atoms with E-state index in [0.29, 0.717) is 19.3 Å². The predicted octanol–water partition coefficient (Wildman–Crippen LogP) is 20.9. The summed E-state index contributed by atoms with van der Waals surface area (Å²) in [6.07, 6.45) is 81.3. The predicted molar refractivity (Wildman–Crippen MR) is 316 cm³/mol. The van der Waals surface area contributed by atoms with Gasteiger partial charge in [-0.25, -0.2) is 0 Å². The van der Waals surface area contributed by atoms with Crippen LogP contribution < -0.4 is 0 Å². The van der Waals surface area contributed by atoms with E-state index in [2.05, 4.69) is 118 Å². The molecular weight excluding hydrogens is 901 g/mol. The number of hydrogen-bond donors (Lipinski definition) is 0. The van der Waals surface area contributed by atoms with Crippen molar-refractivity contribution in [3.05, 3.63) is 97.2 Å². The minimum Gasteiger partial charge on any atom is -0.462 e. The molecule has 0 fully saturated rings. The van der Waals surface area contributed by atoms with Crippen molar-refractivity contribution in [1.29, 1.82) is 0 Å². The van der Waals surface area contributed by atoms with Gasteiger partial charge in [0, 0.05) is 19.3 Å². The molecule has 0 radical (unpaired) electrons. The van der Waals surface area contributed by atoms with Crippen LogP contribution in [0.25, 0.3) is 0 Å². The molecule has 0 saturated carbocycles. The molecule has 0 aliphatic heterocycles. The molecule has 418 valence electrons. The number of allylic oxidation sites excluding steroid dienone is 16. The number of unbranched alkanes of at least 4 members (excludes halogenated alkanes) is 28. The van der Waals surface area contributed by atoms with Crippen molar-refractivity contribution in [2.75, 3.05) is 13.2 Å². The maximum atomic E-state index is 12.9. The van der Waals surface area contributed by atoms with Crippen LogP contribution in [0, 0.1) is 0 Å². The minimum absolute atomic E-state index is 0.0981. The third-order valence-electron chi connectivity index (χ3n) is 13.1. The summed E-state index contributed by atoms with van der Waals surface area (Å²) in [6.45, 7) is 6.48. The van der Waals surface area contributed by atoms with Crippen LogP contribution in [0.4, 0.5) is 0 Å². The standard InChI is InChI=1S/C67H114O6/c1-4-7-10-13-16-19-22-25-27-29-31-32-33-34-36-37-39-42-45-48-51-54-57-60-66(69)72-63-64(62-71-65(68)59-56-53-50-47-44-41-24-21-18-15-12-9-6-3)73-67(70)61-58-55-52-49-46-43-40-38-35-30-28-26-23-20-17-14-11-8-5-2/h7,10,16,19,21,24-25,27,31-32,34,36,39,42,48,51,64H,4-6,8-9,11-15,17-18,20,22-23,26,28-30,33,35,37-38,40-41,43-47,49-50,52-63H2,1-3H3/b10-7-,19-16-,24-21-,27-25-,32-31-,36-34-,42-39-,51-48-. The Morgan fingerprint density at radius 3 is 0.918 bits per heavy atom. The molecule has 0 N–H and O–H groups in total. The summed E-state index contributed by atoms with van der Waals surface area (Å²) in [7, 11) is 0. The lowest BCUT2D eigenvalue weighted by Gasteiger charge is -2.18. The van der Waals surface area contributed by atoms with Gasteiger partial charge in [-0.3, -0.25) is 14.4 Å². The molecule has 0 heterocycles. The third kappa shape index (κ3) is 59.1. The van der Waals surface area contributed by atoms with Gasteiger partial charge in [-0.15, -0.1) is 0 Å². The van der Waals surface area contributed by atoms with Crippen molar-refractivity contribution >= 4 is 17.9 Å². The van der Waals surface area contributed by atoms with Crippen LogP contribution in [0.1, 0.15) is 290 Å². The Balaban J connectivity index is 4.44. The molecule has 6 nitrogen and oxygen atoms in total. The highest BCUT2D eigenvalue weighted by Crippen LogP contribution is 2.16. The van der Waals surface area contributed by atoms with E-state index in [4.69, 9.17) is 14.2 Å². The van der Waals surface area contributed by atoms with Crippen molar-refractivity contribution in [2.24, 2.45) is 0 Å². The summed E-state index contributed by atoms with van der Waals surface area (Å²) in [5, 5.41) is 0. The highest BCUT2D eigenvalue weighted by atomic mass is 16.6. The Morgan fingerprint density at radius 2 is 0.548 bits per heavy atom. The Morgan fingerprint density at radius 1 is 0.288 bits per heavy atom. The number of carbonyl (C=O) groups is 3. The Bertz CT molecular complexity index is 1440. The summed E-state index contributed by atoms with van der Waals surface area (Å²) in [4.78, 5) is 38.2. The Hall–Kier alpha value is -3.67. The third-order valence-corrected chi connectivity index (χ3v) is 13.1. The van der Waals surface area contributed by atoms with Crippen LogP contribution in [-0.4, -0.2) is 37.2 Å². The lowest BCUT2D eigenvalue weighted by atomic mass is 10.0. The molecule has 0 spiro atoms. The van der Waals surface area contributed by atoms with Gasteiger partial charge in [0.25, 0.3) is 0 Å². The van der Waals surface area contributed by atoms with E-state index in [1.165, 1.54) is 148 Å². The summed E-state index contributed by atoms with van der Waals surface area (Å²) in [6, 6.07) is 0. The van der Waals surface area contributed by atoms with Crippen LogP contribution in [0.3, 0.4) is 0 Å². The van der Waals surface area contributed by atoms with E-state index in [1.807, 2.05) is 0 Å². The molecule has 0 bridgehead atoms. The number of ether oxygens (including phenoxy) is 3. The van der Waals surface area contributed by atoms with Crippen molar-refractivity contribution in [3.8, 4) is 0 Å². The molecule has 0 aliphatic rings. The second kappa shape index (κ2) is 60.9. The van der Waals surface area contributed by atoms with Crippen LogP contribution in [0.5, 0.6) is 0 Å². The van der Waals surface area contributed by atoms with Crippen molar-refractivity contribution in [2.45, 2.75) is 297 Å². The number of rotatable bonds is 55. The molecule has 0 aromatic heterocycles. The maximum absolute atomic E-state index is 12.9. The van der Waals surface area contributed by atoms with Gasteiger partial charge in [0.15, 0.2) is 6.10 Å². The molecule has 1 unspecified atom stereocenters. The molecule has 0 saturated heterocycles. The first-order valence-corrected chi connectivity index (χ1v) is 30.7. The average molecular weight is 1020 g/mol. The van der Waals surface area contributed by atoms with Crippen molar-refractivity contribution in [1.82, 2.24) is 0 Å². The fourth-order valence-corrected chi connectivity index (χ4v) is 8.49. The zero-order chi connectivity index (χ0) is 52.9. The molecule has 0 amide bonds. The first-order chi connectivity index (χ1) is 36.0. The summed E-state index contributed by atoms with van der Waals surface area (Å²) in [5.41, 5.74) is 0. The lowest BCUT2D eigenvalue weighted by Crippen LogP contribution is -2.30. The lowest BCUT2D eigenvalue weighted by molar-refractivity contribution is -0.167. The highest BCUT2D eigenvalue weighted by molar-refractivity contribution is 5.71. The minimum atomic E-state index is -0.804. The Labute approximate surface area is 451 Å². The molecule has 0 aromatic carbocycles. The van der Waals surface area contributed by atoms with Crippen molar-refractivity contribution in [3.63, 3.8) is 0 Å². The van der Waals surface area contributed by atoms with Gasteiger partial charge >= 0.3 is 17.9 Å². The molecule has 6 heteroatoms. The summed E-state index contributed by atoms with van der Waals surface area (Å²) < 4.78 is 16.8. The SMILES string of the molecule is CC/C=C\C/C=C\C/C=C\C/C=C\C/C=C\C/C=C\C/C=C\CCCC(=O)OCC(COC(=O)CCCCCCC/C=C\CCCCCC)OC(=O)CCCCCCCCCCCCCCCCCCCCC. The summed E-state index contributed by atoms with van der Waals surface area (Å²) >= 11 is 0. The van der Waals surface area contributed by atoms with Gasteiger partial charge in [0.1, 0.15) is 13.2 Å². The van der Waals surface area contributed by atoms with Crippen LogP contribution >= 0.6 is 0 Å². The zero-order valence-electron chi connectivity index (χ0n) is 47.9. The second-order valence-corrected chi connectivity index (χ2v) is 20.2. The van der Waals surface area contributed by atoms with E-state index in [-0.39, 0.29) is 37.5 Å². The molecular formula is C67H114O6. The zero-order valence-corrected chi connectivity index (χ0v) is 47.9. The van der Waals surface area contributed by atoms with E-state index in [0.717, 1.165) is 96.3 Å². The van der Waals surface area contributed by atoms with E-state index in [9.17, 15) is 14.4 Å². The monoisotopic (exact) mass is 1010 g/mol. The molecule has 0 aromatic rings. The number of esters is 3. The van der Waals surface area contributed by atoms with E-state index < -0.39 is 6.10 Å². The smallest absolute Gasteiger partial charge is 0.306 e. The maximum Gasteiger partial charge on any atom is 0.306 e. The largest absolute Gasteiger partial charge is 0.462 e. The fourth-order valence-electron chi connectivity index (χ4n) is 8.49. The van der Waals surface area contributed by atoms with Crippen LogP contribution in [-0.2, 0) is 28.6 Å². The number of hydrogen-bond acceptors (Lipinski definition) is 6. The van der Waals surface area contributed by atoms with Gasteiger partial charge in [0.2, 0.25) is 0 Å². The average Bonchev–Trinajstić information content (AvgIpc) is 3.39. The Kier molecular flexibility index (Phi) is 57.8. The molecule has 73 heavy (non-hydrogen) atoms. The molecule has 0 aliphatic carbocycles. The second-order valence-electron chi connectivity index (χ2n) is 20.2. The quantitative estimate of drug-likeness (QED) is 0.0261. The van der Waals surface area contributed by atoms with Gasteiger partial charge in [-0.2, -0.15) is 0 Å². The number of carbonyl (C=O) groups excluding carboxylic acids is 3. The van der Waals surface area contributed by atoms with Crippen LogP contribution in [0.15, 0.2) is 97.2 Å². The first-order valence-electron chi connectivity index (χ1n) is 30.7. The van der Waals surface area contributed by atoms with Gasteiger partial charge in [-0.05, 0) is 96.3 Å². The molecule has 0 rings (SSSR count). The first kappa shape index (κ1) is 69.3.